The van der Waals surface area contributed by atoms with Crippen molar-refractivity contribution >= 4 is 47.4 Å². The number of para-hydroxylation sites is 1. The van der Waals surface area contributed by atoms with Crippen LogP contribution in [-0.2, 0) is 22.6 Å². The SMILES string of the molecule is Cl.O=C(CCC(=O)N1CCSc2ccccc21)Nc1ccc2c(c1F)CCNC2. The van der Waals surface area contributed by atoms with E-state index in [0.29, 0.717) is 25.1 Å². The number of benzene rings is 2. The van der Waals surface area contributed by atoms with E-state index in [2.05, 4.69) is 10.6 Å². The zero-order valence-electron chi connectivity index (χ0n) is 15.9. The van der Waals surface area contributed by atoms with Crippen molar-refractivity contribution in [2.75, 3.05) is 29.1 Å². The van der Waals surface area contributed by atoms with Crippen molar-refractivity contribution in [1.29, 1.82) is 0 Å². The van der Waals surface area contributed by atoms with Gasteiger partial charge in [0.1, 0.15) is 5.82 Å². The highest BCUT2D eigenvalue weighted by molar-refractivity contribution is 7.99. The third-order valence-corrected chi connectivity index (χ3v) is 6.12. The van der Waals surface area contributed by atoms with Crippen LogP contribution in [0.3, 0.4) is 0 Å². The molecular formula is C21H23ClFN3O2S. The van der Waals surface area contributed by atoms with Gasteiger partial charge in [0.05, 0.1) is 11.4 Å². The predicted molar refractivity (Wildman–Crippen MR) is 116 cm³/mol. The van der Waals surface area contributed by atoms with Crippen molar-refractivity contribution in [3.05, 3.63) is 53.3 Å². The Balaban J connectivity index is 0.00000240. The number of halogens is 2. The summed E-state index contributed by atoms with van der Waals surface area (Å²) in [4.78, 5) is 27.8. The van der Waals surface area contributed by atoms with Gasteiger partial charge in [0.2, 0.25) is 11.8 Å². The number of anilines is 2. The summed E-state index contributed by atoms with van der Waals surface area (Å²) in [5.74, 6) is 0.0470. The first-order valence-corrected chi connectivity index (χ1v) is 10.4. The second-order valence-electron chi connectivity index (χ2n) is 6.90. The summed E-state index contributed by atoms with van der Waals surface area (Å²) < 4.78 is 14.6. The lowest BCUT2D eigenvalue weighted by atomic mass is 9.99. The van der Waals surface area contributed by atoms with Gasteiger partial charge >= 0.3 is 0 Å². The molecule has 2 aromatic carbocycles. The van der Waals surface area contributed by atoms with Gasteiger partial charge in [0, 0.05) is 36.6 Å². The van der Waals surface area contributed by atoms with Crippen molar-refractivity contribution in [2.24, 2.45) is 0 Å². The molecule has 0 bridgehead atoms. The highest BCUT2D eigenvalue weighted by atomic mass is 35.5. The first-order valence-electron chi connectivity index (χ1n) is 9.46. The Morgan fingerprint density at radius 1 is 1.17 bits per heavy atom. The number of nitrogens with zero attached hydrogens (tertiary/aromatic N) is 1. The van der Waals surface area contributed by atoms with Crippen LogP contribution in [0.2, 0.25) is 0 Å². The number of thioether (sulfide) groups is 1. The Morgan fingerprint density at radius 3 is 2.86 bits per heavy atom. The number of nitrogens with one attached hydrogen (secondary N) is 2. The maximum absolute atomic E-state index is 14.6. The maximum atomic E-state index is 14.6. The molecule has 2 aliphatic rings. The molecule has 29 heavy (non-hydrogen) atoms. The largest absolute Gasteiger partial charge is 0.324 e. The van der Waals surface area contributed by atoms with Gasteiger partial charge in [-0.05, 0) is 42.3 Å². The number of hydrogen-bond acceptors (Lipinski definition) is 4. The summed E-state index contributed by atoms with van der Waals surface area (Å²) in [7, 11) is 0. The van der Waals surface area contributed by atoms with E-state index in [1.807, 2.05) is 30.3 Å². The molecule has 0 radical (unpaired) electrons. The Bertz CT molecular complexity index is 925. The highest BCUT2D eigenvalue weighted by Crippen LogP contribution is 2.34. The van der Waals surface area contributed by atoms with E-state index >= 15 is 0 Å². The number of hydrogen-bond donors (Lipinski definition) is 2. The van der Waals surface area contributed by atoms with Gasteiger partial charge in [-0.3, -0.25) is 9.59 Å². The first kappa shape index (κ1) is 21.6. The van der Waals surface area contributed by atoms with Crippen LogP contribution < -0.4 is 15.5 Å². The molecule has 2 aliphatic heterocycles. The number of rotatable bonds is 4. The Labute approximate surface area is 179 Å². The predicted octanol–water partition coefficient (Wildman–Crippen LogP) is 3.75. The van der Waals surface area contributed by atoms with E-state index < -0.39 is 0 Å². The van der Waals surface area contributed by atoms with Gasteiger partial charge in [-0.1, -0.05) is 18.2 Å². The number of amides is 2. The summed E-state index contributed by atoms with van der Waals surface area (Å²) in [5.41, 5.74) is 2.69. The number of carbonyl (C=O) groups excluding carboxylic acids is 2. The van der Waals surface area contributed by atoms with Gasteiger partial charge in [-0.2, -0.15) is 0 Å². The zero-order chi connectivity index (χ0) is 19.5. The van der Waals surface area contributed by atoms with Crippen LogP contribution in [0.15, 0.2) is 41.3 Å². The van der Waals surface area contributed by atoms with Gasteiger partial charge in [-0.25, -0.2) is 4.39 Å². The molecule has 5 nitrogen and oxygen atoms in total. The lowest BCUT2D eigenvalue weighted by Crippen LogP contribution is -2.35. The molecule has 0 fully saturated rings. The fraction of sp³-hybridized carbons (Fsp3) is 0.333. The maximum Gasteiger partial charge on any atom is 0.227 e. The molecule has 0 saturated heterocycles. The lowest BCUT2D eigenvalue weighted by molar-refractivity contribution is -0.122. The summed E-state index contributed by atoms with van der Waals surface area (Å²) in [5, 5.41) is 5.83. The summed E-state index contributed by atoms with van der Waals surface area (Å²) >= 11 is 1.73. The standard InChI is InChI=1S/C21H22FN3O2S.ClH/c22-21-15-9-10-23-13-14(15)5-6-16(21)24-19(26)7-8-20(27)25-11-12-28-18-4-2-1-3-17(18)25;/h1-6,23H,7-13H2,(H,24,26);1H. The van der Waals surface area contributed by atoms with Crippen LogP contribution in [-0.4, -0.2) is 30.7 Å². The number of fused-ring (bicyclic) bond motifs is 2. The van der Waals surface area contributed by atoms with E-state index in [1.165, 1.54) is 0 Å². The first-order chi connectivity index (χ1) is 13.6. The molecule has 2 aromatic rings. The lowest BCUT2D eigenvalue weighted by Gasteiger charge is -2.29. The molecule has 2 heterocycles. The molecule has 0 aromatic heterocycles. The Hall–Kier alpha value is -2.09. The van der Waals surface area contributed by atoms with Crippen molar-refractivity contribution in [3.8, 4) is 0 Å². The molecule has 2 amide bonds. The minimum atomic E-state index is -0.361. The van der Waals surface area contributed by atoms with E-state index in [9.17, 15) is 14.0 Å². The quantitative estimate of drug-likeness (QED) is 0.767. The Kier molecular flexibility index (Phi) is 7.16. The summed E-state index contributed by atoms with van der Waals surface area (Å²) in [6, 6.07) is 11.2. The minimum absolute atomic E-state index is 0. The minimum Gasteiger partial charge on any atom is -0.324 e. The van der Waals surface area contributed by atoms with E-state index in [0.717, 1.165) is 28.4 Å². The van der Waals surface area contributed by atoms with Gasteiger partial charge in [-0.15, -0.1) is 24.2 Å². The van der Waals surface area contributed by atoms with Crippen LogP contribution in [0.1, 0.15) is 24.0 Å². The zero-order valence-corrected chi connectivity index (χ0v) is 17.5. The average molecular weight is 436 g/mol. The van der Waals surface area contributed by atoms with E-state index in [-0.39, 0.29) is 48.6 Å². The van der Waals surface area contributed by atoms with E-state index in [4.69, 9.17) is 0 Å². The van der Waals surface area contributed by atoms with Crippen LogP contribution in [0, 0.1) is 5.82 Å². The molecule has 154 valence electrons. The summed E-state index contributed by atoms with van der Waals surface area (Å²) in [6.07, 6.45) is 0.736. The normalized spacial score (nSPS) is 15.0. The molecular weight excluding hydrogens is 413 g/mol. The Morgan fingerprint density at radius 2 is 2.00 bits per heavy atom. The molecule has 4 rings (SSSR count). The smallest absolute Gasteiger partial charge is 0.227 e. The molecule has 2 N–H and O–H groups in total. The molecule has 0 aliphatic carbocycles. The van der Waals surface area contributed by atoms with Crippen LogP contribution >= 0.6 is 24.2 Å². The third-order valence-electron chi connectivity index (χ3n) is 5.08. The topological polar surface area (TPSA) is 61.4 Å². The van der Waals surface area contributed by atoms with Crippen LogP contribution in [0.5, 0.6) is 0 Å². The third kappa shape index (κ3) is 4.74. The average Bonchev–Trinajstić information content (AvgIpc) is 2.74. The van der Waals surface area contributed by atoms with Crippen LogP contribution in [0.4, 0.5) is 15.8 Å². The van der Waals surface area contributed by atoms with Crippen molar-refractivity contribution in [2.45, 2.75) is 30.7 Å². The molecule has 8 heteroatoms. The fourth-order valence-corrected chi connectivity index (χ4v) is 4.62. The molecule has 0 unspecified atom stereocenters. The molecule has 0 atom stereocenters. The second-order valence-corrected chi connectivity index (χ2v) is 8.04. The van der Waals surface area contributed by atoms with Crippen molar-refractivity contribution in [1.82, 2.24) is 5.32 Å². The van der Waals surface area contributed by atoms with Crippen molar-refractivity contribution < 1.29 is 14.0 Å². The monoisotopic (exact) mass is 435 g/mol. The van der Waals surface area contributed by atoms with Crippen molar-refractivity contribution in [3.63, 3.8) is 0 Å². The molecule has 0 spiro atoms. The van der Waals surface area contributed by atoms with Gasteiger partial charge in [0.15, 0.2) is 0 Å². The van der Waals surface area contributed by atoms with E-state index in [1.54, 1.807) is 22.7 Å². The highest BCUT2D eigenvalue weighted by Gasteiger charge is 2.23. The second kappa shape index (κ2) is 9.61. The number of carbonyl (C=O) groups is 2. The van der Waals surface area contributed by atoms with Gasteiger partial charge in [0.25, 0.3) is 0 Å². The summed E-state index contributed by atoms with van der Waals surface area (Å²) in [6.45, 7) is 2.01. The molecule has 0 saturated carbocycles. The van der Waals surface area contributed by atoms with Gasteiger partial charge < -0.3 is 15.5 Å². The van der Waals surface area contributed by atoms with Crippen LogP contribution in [0.25, 0.3) is 0 Å². The fourth-order valence-electron chi connectivity index (χ4n) is 3.63.